The number of hydrogen-bond donors (Lipinski definition) is 1. The molecule has 2 aromatic heterocycles. The van der Waals surface area contributed by atoms with E-state index in [0.29, 0.717) is 27.3 Å². The molecular weight excluding hydrogens is 340 g/mol. The molecule has 5 rings (SSSR count). The van der Waals surface area contributed by atoms with Gasteiger partial charge < -0.3 is 14.2 Å². The minimum absolute atomic E-state index is 0.154. The number of carbonyl (C=O) groups excluding carboxylic acids is 1. The Morgan fingerprint density at radius 3 is 2.64 bits per heavy atom. The van der Waals surface area contributed by atoms with Crippen LogP contribution in [0.15, 0.2) is 4.79 Å². The maximum Gasteiger partial charge on any atom is 0.348 e. The second-order valence-electron chi connectivity index (χ2n) is 6.98. The average Bonchev–Trinajstić information content (AvgIpc) is 2.93. The number of aromatic amines is 1. The predicted octanol–water partition coefficient (Wildman–Crippen LogP) is 1.12. The van der Waals surface area contributed by atoms with Crippen molar-refractivity contribution in [3.63, 3.8) is 0 Å². The fourth-order valence-electron chi connectivity index (χ4n) is 3.94. The highest BCUT2D eigenvalue weighted by molar-refractivity contribution is 7.20. The van der Waals surface area contributed by atoms with Crippen LogP contribution in [0.2, 0.25) is 0 Å². The number of thiophene rings is 1. The van der Waals surface area contributed by atoms with Crippen LogP contribution >= 0.6 is 11.3 Å². The minimum Gasteiger partial charge on any atom is -0.462 e. The van der Waals surface area contributed by atoms with E-state index in [9.17, 15) is 9.59 Å². The third kappa shape index (κ3) is 2.88. The van der Waals surface area contributed by atoms with Crippen molar-refractivity contribution in [2.45, 2.75) is 20.4 Å². The van der Waals surface area contributed by atoms with Gasteiger partial charge in [-0.1, -0.05) is 0 Å². The number of nitrogens with one attached hydrogen (secondary N) is 1. The first-order chi connectivity index (χ1) is 12.0. The molecule has 134 valence electrons. The third-order valence-electron chi connectivity index (χ3n) is 5.47. The van der Waals surface area contributed by atoms with E-state index in [2.05, 4.69) is 9.88 Å². The monoisotopic (exact) mass is 363 g/mol. The molecule has 1 N–H and O–H groups in total. The molecule has 8 heteroatoms. The van der Waals surface area contributed by atoms with Crippen LogP contribution in [0.3, 0.4) is 0 Å². The lowest BCUT2D eigenvalue weighted by Gasteiger charge is -2.50. The smallest absolute Gasteiger partial charge is 0.348 e. The third-order valence-corrected chi connectivity index (χ3v) is 6.63. The molecule has 0 radical (unpaired) electrons. The highest BCUT2D eigenvalue weighted by atomic mass is 32.1. The van der Waals surface area contributed by atoms with Crippen molar-refractivity contribution in [3.05, 3.63) is 26.6 Å². The quantitative estimate of drug-likeness (QED) is 0.651. The van der Waals surface area contributed by atoms with E-state index in [-0.39, 0.29) is 11.5 Å². The van der Waals surface area contributed by atoms with Gasteiger partial charge in [0.05, 0.1) is 31.6 Å². The summed E-state index contributed by atoms with van der Waals surface area (Å²) in [6.45, 7) is 11.3. The largest absolute Gasteiger partial charge is 0.462 e. The van der Waals surface area contributed by atoms with Crippen LogP contribution in [-0.2, 0) is 11.3 Å². The number of ether oxygens (including phenoxy) is 1. The standard InChI is InChI=1S/C17H22N4O3S/c1-3-24-17(23)14-11(2)13-15(22)18-12(19-16(13)25-14)10-21-7-4-20(5-8-21)6-9-21/h3-10H2,1-2H3/p+1. The summed E-state index contributed by atoms with van der Waals surface area (Å²) in [5, 5.41) is 0.514. The van der Waals surface area contributed by atoms with Crippen LogP contribution in [0, 0.1) is 6.92 Å². The molecule has 2 aromatic rings. The molecule has 0 spiro atoms. The maximum atomic E-state index is 12.6. The molecule has 0 unspecified atom stereocenters. The molecule has 25 heavy (non-hydrogen) atoms. The first-order valence-electron chi connectivity index (χ1n) is 8.78. The van der Waals surface area contributed by atoms with E-state index in [0.717, 1.165) is 56.1 Å². The second kappa shape index (κ2) is 6.19. The summed E-state index contributed by atoms with van der Waals surface area (Å²) in [6.07, 6.45) is 0. The van der Waals surface area contributed by atoms with Crippen molar-refractivity contribution < 1.29 is 14.0 Å². The molecular formula is C17H23N4O3S+. The molecule has 0 atom stereocenters. The zero-order valence-corrected chi connectivity index (χ0v) is 15.4. The van der Waals surface area contributed by atoms with Crippen LogP contribution in [-0.4, -0.2) is 71.2 Å². The number of piperazine rings is 3. The lowest BCUT2D eigenvalue weighted by atomic mass is 10.1. The van der Waals surface area contributed by atoms with Gasteiger partial charge in [0.15, 0.2) is 5.82 Å². The lowest BCUT2D eigenvalue weighted by Crippen LogP contribution is -2.66. The normalized spacial score (nSPS) is 25.4. The van der Waals surface area contributed by atoms with Crippen molar-refractivity contribution in [1.82, 2.24) is 14.9 Å². The second-order valence-corrected chi connectivity index (χ2v) is 7.98. The van der Waals surface area contributed by atoms with Crippen molar-refractivity contribution >= 4 is 27.5 Å². The summed E-state index contributed by atoms with van der Waals surface area (Å²) in [5.74, 6) is 0.350. The maximum absolute atomic E-state index is 12.6. The predicted molar refractivity (Wildman–Crippen MR) is 95.9 cm³/mol. The van der Waals surface area contributed by atoms with Crippen molar-refractivity contribution in [2.75, 3.05) is 45.9 Å². The van der Waals surface area contributed by atoms with Crippen LogP contribution < -0.4 is 5.56 Å². The van der Waals surface area contributed by atoms with Gasteiger partial charge in [-0.25, -0.2) is 9.78 Å². The molecule has 0 aliphatic carbocycles. The molecule has 2 bridgehead atoms. The molecule has 0 amide bonds. The van der Waals surface area contributed by atoms with Crippen LogP contribution in [0.5, 0.6) is 0 Å². The van der Waals surface area contributed by atoms with Gasteiger partial charge in [0, 0.05) is 19.6 Å². The van der Waals surface area contributed by atoms with Crippen molar-refractivity contribution in [3.8, 4) is 0 Å². The summed E-state index contributed by atoms with van der Waals surface area (Å²) in [6, 6.07) is 0. The minimum atomic E-state index is -0.377. The Kier molecular flexibility index (Phi) is 4.13. The highest BCUT2D eigenvalue weighted by Crippen LogP contribution is 2.28. The van der Waals surface area contributed by atoms with Gasteiger partial charge in [0.25, 0.3) is 5.56 Å². The molecule has 3 aliphatic rings. The number of esters is 1. The van der Waals surface area contributed by atoms with Gasteiger partial charge >= 0.3 is 5.97 Å². The Balaban J connectivity index is 1.70. The molecule has 3 saturated heterocycles. The number of rotatable bonds is 4. The number of quaternary nitrogens is 1. The first-order valence-corrected chi connectivity index (χ1v) is 9.60. The van der Waals surface area contributed by atoms with E-state index >= 15 is 0 Å². The van der Waals surface area contributed by atoms with E-state index in [1.807, 2.05) is 0 Å². The Morgan fingerprint density at radius 1 is 1.32 bits per heavy atom. The van der Waals surface area contributed by atoms with Crippen molar-refractivity contribution in [1.29, 1.82) is 0 Å². The van der Waals surface area contributed by atoms with E-state index in [1.54, 1.807) is 13.8 Å². The fourth-order valence-corrected chi connectivity index (χ4v) is 5.04. The summed E-state index contributed by atoms with van der Waals surface area (Å²) >= 11 is 1.26. The average molecular weight is 363 g/mol. The first kappa shape index (κ1) is 16.7. The Bertz CT molecular complexity index is 866. The van der Waals surface area contributed by atoms with E-state index < -0.39 is 0 Å². The topological polar surface area (TPSA) is 75.3 Å². The van der Waals surface area contributed by atoms with Crippen LogP contribution in [0.25, 0.3) is 10.2 Å². The molecule has 3 aliphatic heterocycles. The van der Waals surface area contributed by atoms with Gasteiger partial charge in [0.1, 0.15) is 16.3 Å². The Morgan fingerprint density at radius 2 is 2.00 bits per heavy atom. The lowest BCUT2D eigenvalue weighted by molar-refractivity contribution is -0.953. The van der Waals surface area contributed by atoms with Crippen LogP contribution in [0.1, 0.15) is 28.0 Å². The Hall–Kier alpha value is -1.77. The van der Waals surface area contributed by atoms with Crippen molar-refractivity contribution in [2.24, 2.45) is 0 Å². The summed E-state index contributed by atoms with van der Waals surface area (Å²) < 4.78 is 6.09. The number of fused-ring (bicyclic) bond motifs is 4. The molecule has 0 aromatic carbocycles. The number of aryl methyl sites for hydroxylation is 1. The zero-order valence-electron chi connectivity index (χ0n) is 14.6. The highest BCUT2D eigenvalue weighted by Gasteiger charge is 2.39. The number of nitrogens with zero attached hydrogens (tertiary/aromatic N) is 3. The van der Waals surface area contributed by atoms with Gasteiger partial charge in [-0.15, -0.1) is 11.3 Å². The summed E-state index contributed by atoms with van der Waals surface area (Å²) in [7, 11) is 0. The van der Waals surface area contributed by atoms with E-state index in [1.165, 1.54) is 11.3 Å². The number of carbonyl (C=O) groups is 1. The number of H-pyrrole nitrogens is 1. The SMILES string of the molecule is CCOC(=O)c1sc2nc(C[N+]34CCN(CC3)CC4)[nH]c(=O)c2c1C. The van der Waals surface area contributed by atoms with Crippen LogP contribution in [0.4, 0.5) is 0 Å². The molecule has 5 heterocycles. The van der Waals surface area contributed by atoms with Gasteiger partial charge in [-0.2, -0.15) is 0 Å². The fraction of sp³-hybridized carbons (Fsp3) is 0.588. The molecule has 0 saturated carbocycles. The zero-order chi connectivity index (χ0) is 17.6. The number of hydrogen-bond acceptors (Lipinski definition) is 6. The van der Waals surface area contributed by atoms with Gasteiger partial charge in [0.2, 0.25) is 0 Å². The summed E-state index contributed by atoms with van der Waals surface area (Å²) in [5.41, 5.74) is 0.510. The molecule has 3 fully saturated rings. The summed E-state index contributed by atoms with van der Waals surface area (Å²) in [4.78, 5) is 35.9. The Labute approximate surface area is 149 Å². The van der Waals surface area contributed by atoms with E-state index in [4.69, 9.17) is 9.72 Å². The molecule has 7 nitrogen and oxygen atoms in total. The van der Waals surface area contributed by atoms with Gasteiger partial charge in [-0.05, 0) is 19.4 Å². The van der Waals surface area contributed by atoms with Gasteiger partial charge in [-0.3, -0.25) is 9.69 Å². The number of aromatic nitrogens is 2.